The number of hydrogen-bond donors (Lipinski definition) is 1. The van der Waals surface area contributed by atoms with Gasteiger partial charge in [0.2, 0.25) is 0 Å². The molecule has 1 aromatic carbocycles. The molecule has 2 aromatic rings. The highest BCUT2D eigenvalue weighted by Gasteiger charge is 2.60. The Labute approximate surface area is 153 Å². The topological polar surface area (TPSA) is 45.2 Å². The van der Waals surface area contributed by atoms with Crippen molar-refractivity contribution >= 4 is 32.6 Å². The highest BCUT2D eigenvalue weighted by molar-refractivity contribution is 7.22. The third-order valence-electron chi connectivity index (χ3n) is 5.77. The number of amides is 1. The summed E-state index contributed by atoms with van der Waals surface area (Å²) in [5, 5.41) is 3.28. The molecule has 4 nitrogen and oxygen atoms in total. The molecule has 3 atom stereocenters. The highest BCUT2D eigenvalue weighted by atomic mass is 32.1. The van der Waals surface area contributed by atoms with Crippen molar-refractivity contribution in [1.29, 1.82) is 0 Å². The molecule has 0 bridgehead atoms. The van der Waals surface area contributed by atoms with E-state index in [1.807, 2.05) is 13.8 Å². The van der Waals surface area contributed by atoms with Crippen LogP contribution in [0.15, 0.2) is 18.2 Å². The van der Waals surface area contributed by atoms with Crippen LogP contribution in [0.25, 0.3) is 10.2 Å². The molecule has 2 aliphatic rings. The SMILES string of the molecule is CC1(C)C(NC(=O)C(F)F)C2CCCN(c3nc4cccc(F)c4s3)C21. The van der Waals surface area contributed by atoms with Crippen molar-refractivity contribution in [3.63, 3.8) is 0 Å². The zero-order valence-corrected chi connectivity index (χ0v) is 15.3. The van der Waals surface area contributed by atoms with Gasteiger partial charge in [-0.25, -0.2) is 9.37 Å². The lowest BCUT2D eigenvalue weighted by molar-refractivity contribution is -0.138. The van der Waals surface area contributed by atoms with E-state index in [0.29, 0.717) is 10.2 Å². The maximum Gasteiger partial charge on any atom is 0.315 e. The van der Waals surface area contributed by atoms with E-state index < -0.39 is 12.3 Å². The minimum atomic E-state index is -3.00. The number of carbonyl (C=O) groups is 1. The second-order valence-corrected chi connectivity index (χ2v) is 8.61. The lowest BCUT2D eigenvalue weighted by Crippen LogP contribution is -2.75. The molecule has 3 unspecified atom stereocenters. The molecule has 0 spiro atoms. The number of hydrogen-bond acceptors (Lipinski definition) is 4. The van der Waals surface area contributed by atoms with Crippen molar-refractivity contribution in [3.8, 4) is 0 Å². The molecule has 8 heteroatoms. The molecule has 1 N–H and O–H groups in total. The Balaban J connectivity index is 1.63. The first-order chi connectivity index (χ1) is 12.3. The molecule has 1 aromatic heterocycles. The quantitative estimate of drug-likeness (QED) is 0.877. The van der Waals surface area contributed by atoms with Crippen molar-refractivity contribution in [2.45, 2.75) is 45.2 Å². The number of nitrogens with zero attached hydrogens (tertiary/aromatic N) is 2. The minimum Gasteiger partial charge on any atom is -0.347 e. The van der Waals surface area contributed by atoms with Crippen LogP contribution in [0.3, 0.4) is 0 Å². The number of nitrogens with one attached hydrogen (secondary N) is 1. The molecule has 26 heavy (non-hydrogen) atoms. The van der Waals surface area contributed by atoms with Crippen molar-refractivity contribution in [2.24, 2.45) is 11.3 Å². The van der Waals surface area contributed by atoms with Gasteiger partial charge in [-0.05, 0) is 25.0 Å². The molecule has 1 saturated heterocycles. The molecule has 4 rings (SSSR count). The van der Waals surface area contributed by atoms with Crippen LogP contribution in [-0.4, -0.2) is 35.9 Å². The number of anilines is 1. The molecule has 1 aliphatic heterocycles. The molecule has 140 valence electrons. The average Bonchev–Trinajstić information content (AvgIpc) is 3.04. The second kappa shape index (κ2) is 6.11. The summed E-state index contributed by atoms with van der Waals surface area (Å²) in [6.45, 7) is 4.76. The summed E-state index contributed by atoms with van der Waals surface area (Å²) in [6, 6.07) is 4.65. The first-order valence-corrected chi connectivity index (χ1v) is 9.52. The fraction of sp³-hybridized carbons (Fsp3) is 0.556. The van der Waals surface area contributed by atoms with Gasteiger partial charge in [-0.1, -0.05) is 31.3 Å². The van der Waals surface area contributed by atoms with Gasteiger partial charge in [0.25, 0.3) is 5.91 Å². The van der Waals surface area contributed by atoms with Crippen LogP contribution in [0, 0.1) is 17.2 Å². The van der Waals surface area contributed by atoms with Crippen LogP contribution in [0.5, 0.6) is 0 Å². The summed E-state index contributed by atoms with van der Waals surface area (Å²) < 4.78 is 39.9. The summed E-state index contributed by atoms with van der Waals surface area (Å²) in [5.41, 5.74) is 0.262. The molecule has 0 radical (unpaired) electrons. The summed E-state index contributed by atoms with van der Waals surface area (Å²) in [6.07, 6.45) is -1.24. The second-order valence-electron chi connectivity index (χ2n) is 7.64. The fourth-order valence-corrected chi connectivity index (χ4v) is 5.73. The van der Waals surface area contributed by atoms with E-state index in [-0.39, 0.29) is 29.2 Å². The van der Waals surface area contributed by atoms with Crippen LogP contribution < -0.4 is 10.2 Å². The number of benzene rings is 1. The predicted molar refractivity (Wildman–Crippen MR) is 95.2 cm³/mol. The Bertz CT molecular complexity index is 853. The zero-order valence-electron chi connectivity index (χ0n) is 14.5. The Morgan fingerprint density at radius 2 is 2.19 bits per heavy atom. The molecule has 1 saturated carbocycles. The van der Waals surface area contributed by atoms with Gasteiger partial charge < -0.3 is 10.2 Å². The number of fused-ring (bicyclic) bond motifs is 2. The third-order valence-corrected chi connectivity index (χ3v) is 6.88. The summed E-state index contributed by atoms with van der Waals surface area (Å²) in [5.74, 6) is -1.39. The average molecular weight is 383 g/mol. The van der Waals surface area contributed by atoms with Crippen LogP contribution in [0.4, 0.5) is 18.3 Å². The zero-order chi connectivity index (χ0) is 18.6. The van der Waals surface area contributed by atoms with E-state index in [9.17, 15) is 18.0 Å². The number of halogens is 3. The number of thiazole rings is 1. The number of alkyl halides is 2. The van der Waals surface area contributed by atoms with E-state index in [1.54, 1.807) is 12.1 Å². The lowest BCUT2D eigenvalue weighted by atomic mass is 9.52. The van der Waals surface area contributed by atoms with Gasteiger partial charge in [0.05, 0.1) is 10.2 Å². The molecule has 1 amide bonds. The first-order valence-electron chi connectivity index (χ1n) is 8.71. The van der Waals surface area contributed by atoms with Gasteiger partial charge in [-0.2, -0.15) is 8.78 Å². The minimum absolute atomic E-state index is 0.0860. The number of carbonyl (C=O) groups excluding carboxylic acids is 1. The number of piperidine rings is 1. The third kappa shape index (κ3) is 2.57. The number of rotatable bonds is 3. The van der Waals surface area contributed by atoms with E-state index in [4.69, 9.17) is 0 Å². The van der Waals surface area contributed by atoms with Gasteiger partial charge in [0.15, 0.2) is 5.13 Å². The van der Waals surface area contributed by atoms with E-state index >= 15 is 0 Å². The Morgan fingerprint density at radius 3 is 2.88 bits per heavy atom. The smallest absolute Gasteiger partial charge is 0.315 e. The van der Waals surface area contributed by atoms with Gasteiger partial charge in [-0.3, -0.25) is 4.79 Å². The van der Waals surface area contributed by atoms with Crippen molar-refractivity contribution < 1.29 is 18.0 Å². The summed E-state index contributed by atoms with van der Waals surface area (Å²) in [7, 11) is 0. The molecule has 2 heterocycles. The normalized spacial score (nSPS) is 27.3. The Kier molecular flexibility index (Phi) is 4.13. The molecular formula is C18H20F3N3OS. The largest absolute Gasteiger partial charge is 0.347 e. The van der Waals surface area contributed by atoms with Gasteiger partial charge in [0.1, 0.15) is 5.82 Å². The van der Waals surface area contributed by atoms with Crippen LogP contribution in [0.2, 0.25) is 0 Å². The van der Waals surface area contributed by atoms with Crippen molar-refractivity contribution in [3.05, 3.63) is 24.0 Å². The monoisotopic (exact) mass is 383 g/mol. The van der Waals surface area contributed by atoms with Gasteiger partial charge in [0, 0.05) is 30.0 Å². The van der Waals surface area contributed by atoms with Crippen molar-refractivity contribution in [1.82, 2.24) is 10.3 Å². The highest BCUT2D eigenvalue weighted by Crippen LogP contribution is 2.54. The van der Waals surface area contributed by atoms with Gasteiger partial charge in [-0.15, -0.1) is 0 Å². The molecule has 2 fully saturated rings. The summed E-state index contributed by atoms with van der Waals surface area (Å²) in [4.78, 5) is 18.3. The number of aromatic nitrogens is 1. The van der Waals surface area contributed by atoms with Crippen LogP contribution in [-0.2, 0) is 4.79 Å². The van der Waals surface area contributed by atoms with E-state index in [2.05, 4.69) is 15.2 Å². The van der Waals surface area contributed by atoms with Crippen molar-refractivity contribution in [2.75, 3.05) is 11.4 Å². The fourth-order valence-electron chi connectivity index (χ4n) is 4.70. The first kappa shape index (κ1) is 17.6. The predicted octanol–water partition coefficient (Wildman–Crippen LogP) is 3.81. The summed E-state index contributed by atoms with van der Waals surface area (Å²) >= 11 is 1.32. The molecular weight excluding hydrogens is 363 g/mol. The maximum absolute atomic E-state index is 14.0. The maximum atomic E-state index is 14.0. The van der Waals surface area contributed by atoms with Crippen LogP contribution >= 0.6 is 11.3 Å². The standard InChI is InChI=1S/C18H20F3N3OS/c1-18(2)13(23-16(25)15(20)21)9-5-4-8-24(14(9)18)17-22-11-7-3-6-10(19)12(11)26-17/h3,6-7,9,13-15H,4-5,8H2,1-2H3,(H,23,25). The Hall–Kier alpha value is -1.83. The van der Waals surface area contributed by atoms with Gasteiger partial charge >= 0.3 is 6.43 Å². The lowest BCUT2D eigenvalue weighted by Gasteiger charge is -2.64. The molecule has 1 aliphatic carbocycles. The van der Waals surface area contributed by atoms with E-state index in [0.717, 1.165) is 24.5 Å². The van der Waals surface area contributed by atoms with E-state index in [1.165, 1.54) is 17.4 Å². The van der Waals surface area contributed by atoms with Crippen LogP contribution in [0.1, 0.15) is 26.7 Å². The Morgan fingerprint density at radius 1 is 1.42 bits per heavy atom.